The molecule has 0 spiro atoms. The number of nitrogens with zero attached hydrogens (tertiary/aromatic N) is 3. The van der Waals surface area contributed by atoms with Gasteiger partial charge >= 0.3 is 0 Å². The molecule has 5 aromatic rings. The lowest BCUT2D eigenvalue weighted by Crippen LogP contribution is -2.36. The Balaban J connectivity index is 1.42. The lowest BCUT2D eigenvalue weighted by Gasteiger charge is -2.17. The second-order valence-electron chi connectivity index (χ2n) is 7.64. The van der Waals surface area contributed by atoms with E-state index in [2.05, 4.69) is 20.3 Å². The summed E-state index contributed by atoms with van der Waals surface area (Å²) in [5.41, 5.74) is 3.18. The van der Waals surface area contributed by atoms with Crippen LogP contribution in [-0.2, 0) is 17.8 Å². The number of aromatic nitrogens is 4. The number of carbonyl (C=O) groups is 1. The van der Waals surface area contributed by atoms with Crippen molar-refractivity contribution < 1.29 is 4.79 Å². The Morgan fingerprint density at radius 1 is 0.938 bits per heavy atom. The van der Waals surface area contributed by atoms with Crippen LogP contribution in [0.1, 0.15) is 17.4 Å². The molecule has 5 rings (SSSR count). The normalized spacial score (nSPS) is 12.1. The first-order chi connectivity index (χ1) is 15.7. The maximum Gasteiger partial charge on any atom is 0.261 e. The summed E-state index contributed by atoms with van der Waals surface area (Å²) in [7, 11) is 0. The first-order valence-electron chi connectivity index (χ1n) is 10.4. The van der Waals surface area contributed by atoms with Crippen molar-refractivity contribution in [1.29, 1.82) is 0 Å². The van der Waals surface area contributed by atoms with Crippen molar-refractivity contribution in [2.75, 3.05) is 0 Å². The monoisotopic (exact) mass is 423 g/mol. The highest BCUT2D eigenvalue weighted by Gasteiger charge is 2.20. The molecule has 0 saturated carbocycles. The van der Waals surface area contributed by atoms with Gasteiger partial charge in [-0.2, -0.15) is 0 Å². The summed E-state index contributed by atoms with van der Waals surface area (Å²) in [5.74, 6) is 0.387. The highest BCUT2D eigenvalue weighted by atomic mass is 16.2. The van der Waals surface area contributed by atoms with Crippen LogP contribution in [0, 0.1) is 0 Å². The van der Waals surface area contributed by atoms with E-state index >= 15 is 0 Å². The van der Waals surface area contributed by atoms with Crippen LogP contribution in [0.3, 0.4) is 0 Å². The van der Waals surface area contributed by atoms with Gasteiger partial charge in [0.2, 0.25) is 5.91 Å². The average molecular weight is 423 g/mol. The van der Waals surface area contributed by atoms with Crippen molar-refractivity contribution in [3.8, 4) is 0 Å². The quantitative estimate of drug-likeness (QED) is 0.438. The summed E-state index contributed by atoms with van der Waals surface area (Å²) in [6, 6.07) is 24.4. The molecule has 32 heavy (non-hydrogen) atoms. The molecule has 0 saturated heterocycles. The zero-order valence-electron chi connectivity index (χ0n) is 17.2. The van der Waals surface area contributed by atoms with E-state index in [-0.39, 0.29) is 24.1 Å². The standard InChI is InChI=1S/C25H21N5O2/c31-23(15-30-16-26-19-11-5-4-10-18(19)25(30)32)27-22(14-17-8-2-1-3-9-17)24-28-20-12-6-7-13-21(20)29-24/h1-13,16,22H,14-15H2,(H,27,31)(H,28,29)/t22-/m1/s1. The molecule has 7 nitrogen and oxygen atoms in total. The minimum atomic E-state index is -0.374. The molecule has 7 heteroatoms. The Labute approximate surface area is 183 Å². The highest BCUT2D eigenvalue weighted by Crippen LogP contribution is 2.20. The van der Waals surface area contributed by atoms with Gasteiger partial charge in [-0.15, -0.1) is 0 Å². The van der Waals surface area contributed by atoms with Crippen LogP contribution in [0.5, 0.6) is 0 Å². The molecule has 0 radical (unpaired) electrons. The molecule has 0 aliphatic carbocycles. The van der Waals surface area contributed by atoms with Crippen LogP contribution >= 0.6 is 0 Å². The molecule has 1 atom stereocenters. The lowest BCUT2D eigenvalue weighted by atomic mass is 10.1. The summed E-state index contributed by atoms with van der Waals surface area (Å²) in [6.07, 6.45) is 1.98. The van der Waals surface area contributed by atoms with E-state index in [1.807, 2.05) is 60.7 Å². The van der Waals surface area contributed by atoms with E-state index in [0.717, 1.165) is 16.6 Å². The molecule has 0 bridgehead atoms. The number of amides is 1. The van der Waals surface area contributed by atoms with Crippen LogP contribution in [0.25, 0.3) is 21.9 Å². The Bertz CT molecular complexity index is 1420. The first kappa shape index (κ1) is 19.7. The van der Waals surface area contributed by atoms with Gasteiger partial charge < -0.3 is 10.3 Å². The number of nitrogens with one attached hydrogen (secondary N) is 2. The fourth-order valence-electron chi connectivity index (χ4n) is 3.82. The third-order valence-electron chi connectivity index (χ3n) is 5.40. The first-order valence-corrected chi connectivity index (χ1v) is 10.4. The van der Waals surface area contributed by atoms with Gasteiger partial charge in [0, 0.05) is 0 Å². The fourth-order valence-corrected chi connectivity index (χ4v) is 3.82. The minimum Gasteiger partial charge on any atom is -0.344 e. The van der Waals surface area contributed by atoms with Crippen LogP contribution in [0.2, 0.25) is 0 Å². The number of carbonyl (C=O) groups excluding carboxylic acids is 1. The maximum atomic E-state index is 12.9. The van der Waals surface area contributed by atoms with Crippen molar-refractivity contribution in [3.05, 3.63) is 107 Å². The number of fused-ring (bicyclic) bond motifs is 2. The van der Waals surface area contributed by atoms with Gasteiger partial charge in [-0.1, -0.05) is 54.6 Å². The largest absolute Gasteiger partial charge is 0.344 e. The number of H-pyrrole nitrogens is 1. The Hall–Kier alpha value is -4.26. The molecule has 0 fully saturated rings. The van der Waals surface area contributed by atoms with Gasteiger partial charge in [-0.05, 0) is 36.2 Å². The molecule has 1 amide bonds. The lowest BCUT2D eigenvalue weighted by molar-refractivity contribution is -0.122. The SMILES string of the molecule is O=C(Cn1cnc2ccccc2c1=O)N[C@H](Cc1ccccc1)c1nc2ccccc2[nH]1. The van der Waals surface area contributed by atoms with E-state index in [0.29, 0.717) is 23.1 Å². The second kappa shape index (κ2) is 8.47. The number of hydrogen-bond acceptors (Lipinski definition) is 4. The van der Waals surface area contributed by atoms with Crippen molar-refractivity contribution in [3.63, 3.8) is 0 Å². The summed E-state index contributed by atoms with van der Waals surface area (Å²) < 4.78 is 1.33. The van der Waals surface area contributed by atoms with E-state index in [1.54, 1.807) is 18.2 Å². The molecule has 0 unspecified atom stereocenters. The zero-order chi connectivity index (χ0) is 21.9. The van der Waals surface area contributed by atoms with Crippen molar-refractivity contribution in [2.45, 2.75) is 19.0 Å². The van der Waals surface area contributed by atoms with Gasteiger partial charge in [-0.3, -0.25) is 14.2 Å². The predicted octanol–water partition coefficient (Wildman–Crippen LogP) is 3.37. The fraction of sp³-hybridized carbons (Fsp3) is 0.120. The molecule has 0 aliphatic rings. The third kappa shape index (κ3) is 4.00. The molecule has 0 aliphatic heterocycles. The zero-order valence-corrected chi connectivity index (χ0v) is 17.2. The van der Waals surface area contributed by atoms with Crippen LogP contribution in [-0.4, -0.2) is 25.4 Å². The van der Waals surface area contributed by atoms with E-state index in [4.69, 9.17) is 0 Å². The summed E-state index contributed by atoms with van der Waals surface area (Å²) in [6.45, 7) is -0.123. The molecule has 2 aromatic heterocycles. The Kier molecular flexibility index (Phi) is 5.21. The van der Waals surface area contributed by atoms with Crippen LogP contribution < -0.4 is 10.9 Å². The van der Waals surface area contributed by atoms with Crippen molar-refractivity contribution in [1.82, 2.24) is 24.8 Å². The molecule has 2 N–H and O–H groups in total. The second-order valence-corrected chi connectivity index (χ2v) is 7.64. The van der Waals surface area contributed by atoms with Crippen LogP contribution in [0.15, 0.2) is 90.0 Å². The molecular weight excluding hydrogens is 402 g/mol. The number of imidazole rings is 1. The Morgan fingerprint density at radius 3 is 2.47 bits per heavy atom. The van der Waals surface area contributed by atoms with Gasteiger partial charge in [-0.25, -0.2) is 9.97 Å². The highest BCUT2D eigenvalue weighted by molar-refractivity contribution is 5.79. The number of para-hydroxylation sites is 3. The molecule has 3 aromatic carbocycles. The smallest absolute Gasteiger partial charge is 0.261 e. The van der Waals surface area contributed by atoms with Crippen LogP contribution in [0.4, 0.5) is 0 Å². The topological polar surface area (TPSA) is 92.7 Å². The summed E-state index contributed by atoms with van der Waals surface area (Å²) in [4.78, 5) is 38.0. The van der Waals surface area contributed by atoms with Gasteiger partial charge in [0.25, 0.3) is 5.56 Å². The van der Waals surface area contributed by atoms with E-state index in [1.165, 1.54) is 10.9 Å². The number of hydrogen-bond donors (Lipinski definition) is 2. The summed E-state index contributed by atoms with van der Waals surface area (Å²) >= 11 is 0. The van der Waals surface area contributed by atoms with E-state index in [9.17, 15) is 9.59 Å². The van der Waals surface area contributed by atoms with Gasteiger partial charge in [0.05, 0.1) is 34.3 Å². The van der Waals surface area contributed by atoms with Crippen molar-refractivity contribution >= 4 is 27.8 Å². The summed E-state index contributed by atoms with van der Waals surface area (Å²) in [5, 5.41) is 3.53. The van der Waals surface area contributed by atoms with Crippen molar-refractivity contribution in [2.24, 2.45) is 0 Å². The number of benzene rings is 3. The number of rotatable bonds is 6. The molecule has 2 heterocycles. The van der Waals surface area contributed by atoms with E-state index < -0.39 is 0 Å². The minimum absolute atomic E-state index is 0.123. The van der Waals surface area contributed by atoms with Gasteiger partial charge in [0.1, 0.15) is 12.4 Å². The molecular formula is C25H21N5O2. The maximum absolute atomic E-state index is 12.9. The number of aromatic amines is 1. The Morgan fingerprint density at radius 2 is 1.66 bits per heavy atom. The third-order valence-corrected chi connectivity index (χ3v) is 5.40. The predicted molar refractivity (Wildman–Crippen MR) is 123 cm³/mol. The molecule has 158 valence electrons. The van der Waals surface area contributed by atoms with Gasteiger partial charge in [0.15, 0.2) is 0 Å². The average Bonchev–Trinajstić information content (AvgIpc) is 3.26.